The zero-order valence-electron chi connectivity index (χ0n) is 27.1. The van der Waals surface area contributed by atoms with E-state index >= 15 is 8.78 Å². The fourth-order valence-electron chi connectivity index (χ4n) is 6.67. The highest BCUT2D eigenvalue weighted by molar-refractivity contribution is 5.92. The number of ether oxygens (including phenoxy) is 3. The number of fused-ring (bicyclic) bond motifs is 5. The van der Waals surface area contributed by atoms with E-state index < -0.39 is 59.5 Å². The quantitative estimate of drug-likeness (QED) is 0.451. The van der Waals surface area contributed by atoms with Crippen molar-refractivity contribution < 1.29 is 37.4 Å². The van der Waals surface area contributed by atoms with Gasteiger partial charge in [-0.3, -0.25) is 9.59 Å². The van der Waals surface area contributed by atoms with Gasteiger partial charge in [-0.05, 0) is 50.7 Å². The maximum absolute atomic E-state index is 15.9. The molecule has 3 heterocycles. The third-order valence-electron chi connectivity index (χ3n) is 9.54. The number of benzene rings is 1. The number of halogens is 2. The number of alkyl halides is 2. The molecule has 3 unspecified atom stereocenters. The average molecular weight is 631 g/mol. The van der Waals surface area contributed by atoms with E-state index in [-0.39, 0.29) is 36.2 Å². The molecule has 12 heteroatoms. The summed E-state index contributed by atoms with van der Waals surface area (Å²) in [5, 5.41) is 2.78. The van der Waals surface area contributed by atoms with Crippen LogP contribution in [0.1, 0.15) is 85.5 Å². The molecule has 2 aromatic rings. The molecule has 8 atom stereocenters. The Morgan fingerprint density at radius 3 is 2.51 bits per heavy atom. The summed E-state index contributed by atoms with van der Waals surface area (Å²) in [7, 11) is 1.50. The summed E-state index contributed by atoms with van der Waals surface area (Å²) in [5.74, 6) is -0.879. The number of Topliss-reactive ketones (excluding diaryl/α,β-unsaturated/α-hetero) is 1. The molecule has 3 aliphatic rings. The third kappa shape index (κ3) is 6.70. The number of methoxy groups -OCH3 is 1. The zero-order chi connectivity index (χ0) is 32.8. The fraction of sp³-hybridized carbons (Fsp3) is 0.667. The standard InChI is InChI=1S/C33H44F2N4O6/c1-17-24-16-39(27(17)18(2)40)30(41)28(32(3,4)5)38-31(42)45-33(6)15-19(33)10-8-9-11-21(34)25(35)26-29(44-24)37-23-14-20(43-7)12-13-22(23)36-26/h12-14,17,19,21,24-25,27-28H,8-11,15-16H2,1-7H3,(H,38,42)/t17?,19-,21?,24+,25?,27+,28-,33-/m1/s1. The lowest BCUT2D eigenvalue weighted by Gasteiger charge is -2.35. The molecule has 5 rings (SSSR count). The molecule has 10 nitrogen and oxygen atoms in total. The molecular formula is C33H44F2N4O6. The van der Waals surface area contributed by atoms with E-state index in [0.717, 1.165) is 0 Å². The van der Waals surface area contributed by atoms with E-state index in [2.05, 4.69) is 15.3 Å². The van der Waals surface area contributed by atoms with Crippen LogP contribution in [-0.4, -0.2) is 76.3 Å². The van der Waals surface area contributed by atoms with Gasteiger partial charge in [0, 0.05) is 17.9 Å². The Labute approximate surface area is 262 Å². The van der Waals surface area contributed by atoms with Crippen molar-refractivity contribution in [2.45, 2.75) is 110 Å². The molecular weight excluding hydrogens is 586 g/mol. The lowest BCUT2D eigenvalue weighted by Crippen LogP contribution is -2.57. The molecule has 1 saturated heterocycles. The minimum absolute atomic E-state index is 0.0322. The topological polar surface area (TPSA) is 120 Å². The third-order valence-corrected chi connectivity index (χ3v) is 9.54. The van der Waals surface area contributed by atoms with Crippen LogP contribution in [0.4, 0.5) is 13.6 Å². The molecule has 0 spiro atoms. The van der Waals surface area contributed by atoms with Crippen molar-refractivity contribution >= 4 is 28.8 Å². The zero-order valence-corrected chi connectivity index (χ0v) is 27.1. The number of nitrogens with one attached hydrogen (secondary N) is 1. The first-order valence-corrected chi connectivity index (χ1v) is 15.7. The fourth-order valence-corrected chi connectivity index (χ4v) is 6.67. The van der Waals surface area contributed by atoms with Crippen molar-refractivity contribution in [2.75, 3.05) is 13.7 Å². The number of hydrogen-bond acceptors (Lipinski definition) is 8. The Morgan fingerprint density at radius 1 is 1.13 bits per heavy atom. The number of aromatic nitrogens is 2. The SMILES string of the molecule is COc1ccc2nc3c(nc2c1)O[C@H]1CN(C(=O)[C@H](C(C)(C)C)NC(=O)O[C@]2(C)C[C@H]2CCCCC(F)C3F)[C@H](C(C)=O)C1C. The Balaban J connectivity index is 1.56. The number of rotatable bonds is 2. The maximum Gasteiger partial charge on any atom is 0.408 e. The molecule has 2 fully saturated rings. The first-order valence-electron chi connectivity index (χ1n) is 15.7. The molecule has 1 aliphatic carbocycles. The van der Waals surface area contributed by atoms with Gasteiger partial charge in [-0.1, -0.05) is 40.5 Å². The molecule has 1 aromatic heterocycles. The van der Waals surface area contributed by atoms with Gasteiger partial charge in [0.15, 0.2) is 12.0 Å². The van der Waals surface area contributed by atoms with Crippen molar-refractivity contribution in [1.29, 1.82) is 0 Å². The molecule has 0 radical (unpaired) electrons. The van der Waals surface area contributed by atoms with Crippen LogP contribution in [0.5, 0.6) is 11.6 Å². The molecule has 45 heavy (non-hydrogen) atoms. The average Bonchev–Trinajstić information content (AvgIpc) is 3.48. The summed E-state index contributed by atoms with van der Waals surface area (Å²) in [4.78, 5) is 50.6. The van der Waals surface area contributed by atoms with E-state index in [0.29, 0.717) is 42.5 Å². The molecule has 2 aliphatic heterocycles. The smallest absolute Gasteiger partial charge is 0.408 e. The summed E-state index contributed by atoms with van der Waals surface area (Å²) in [6.45, 7) is 10.4. The first kappa shape index (κ1) is 32.8. The van der Waals surface area contributed by atoms with Gasteiger partial charge < -0.3 is 24.4 Å². The molecule has 2 amide bonds. The van der Waals surface area contributed by atoms with Crippen LogP contribution in [0.15, 0.2) is 18.2 Å². The molecule has 1 saturated carbocycles. The van der Waals surface area contributed by atoms with Gasteiger partial charge in [-0.2, -0.15) is 0 Å². The Bertz CT molecular complexity index is 1470. The Hall–Kier alpha value is -3.57. The van der Waals surface area contributed by atoms with Crippen LogP contribution in [0, 0.1) is 17.3 Å². The normalized spacial score (nSPS) is 33.0. The summed E-state index contributed by atoms with van der Waals surface area (Å²) in [6, 6.07) is 3.01. The highest BCUT2D eigenvalue weighted by atomic mass is 19.2. The van der Waals surface area contributed by atoms with E-state index in [4.69, 9.17) is 14.2 Å². The van der Waals surface area contributed by atoms with Gasteiger partial charge in [0.25, 0.3) is 0 Å². The molecule has 1 aromatic carbocycles. The minimum Gasteiger partial charge on any atom is -0.497 e. The van der Waals surface area contributed by atoms with Gasteiger partial charge in [-0.15, -0.1) is 0 Å². The number of amides is 2. The van der Waals surface area contributed by atoms with Crippen LogP contribution < -0.4 is 14.8 Å². The lowest BCUT2D eigenvalue weighted by atomic mass is 9.85. The predicted octanol–water partition coefficient (Wildman–Crippen LogP) is 5.66. The summed E-state index contributed by atoms with van der Waals surface area (Å²) < 4.78 is 48.8. The Kier molecular flexibility index (Phi) is 8.98. The summed E-state index contributed by atoms with van der Waals surface area (Å²) in [5.41, 5.74) is -0.981. The minimum atomic E-state index is -2.11. The molecule has 1 N–H and O–H groups in total. The Morgan fingerprint density at radius 2 is 1.84 bits per heavy atom. The maximum atomic E-state index is 15.9. The van der Waals surface area contributed by atoms with Crippen molar-refractivity contribution in [3.63, 3.8) is 0 Å². The second kappa shape index (κ2) is 12.3. The second-order valence-electron chi connectivity index (χ2n) is 14.1. The van der Waals surface area contributed by atoms with Gasteiger partial charge in [0.2, 0.25) is 11.8 Å². The first-order chi connectivity index (χ1) is 21.1. The predicted molar refractivity (Wildman–Crippen MR) is 162 cm³/mol. The van der Waals surface area contributed by atoms with Crippen LogP contribution in [0.3, 0.4) is 0 Å². The van der Waals surface area contributed by atoms with Gasteiger partial charge in [0.1, 0.15) is 35.4 Å². The number of alkyl carbamates (subject to hydrolysis) is 1. The lowest BCUT2D eigenvalue weighted by molar-refractivity contribution is -0.141. The highest BCUT2D eigenvalue weighted by Gasteiger charge is 2.54. The number of carbonyl (C=O) groups is 3. The monoisotopic (exact) mass is 630 g/mol. The highest BCUT2D eigenvalue weighted by Crippen LogP contribution is 2.50. The van der Waals surface area contributed by atoms with Crippen molar-refractivity contribution in [3.8, 4) is 11.6 Å². The molecule has 2 bridgehead atoms. The van der Waals surface area contributed by atoms with Crippen LogP contribution in [-0.2, 0) is 14.3 Å². The number of ketones is 1. The van der Waals surface area contributed by atoms with E-state index in [1.165, 1.54) is 18.9 Å². The summed E-state index contributed by atoms with van der Waals surface area (Å²) >= 11 is 0. The summed E-state index contributed by atoms with van der Waals surface area (Å²) in [6.07, 6.45) is -3.10. The van der Waals surface area contributed by atoms with Crippen molar-refractivity contribution in [1.82, 2.24) is 20.2 Å². The number of nitrogens with zero attached hydrogens (tertiary/aromatic N) is 3. The van der Waals surface area contributed by atoms with Crippen molar-refractivity contribution in [2.24, 2.45) is 17.3 Å². The van der Waals surface area contributed by atoms with Crippen LogP contribution in [0.2, 0.25) is 0 Å². The van der Waals surface area contributed by atoms with Gasteiger partial charge in [-0.25, -0.2) is 23.5 Å². The molecule has 246 valence electrons. The number of hydrogen-bond donors (Lipinski definition) is 1. The van der Waals surface area contributed by atoms with E-state index in [1.807, 2.05) is 27.7 Å². The van der Waals surface area contributed by atoms with E-state index in [9.17, 15) is 14.4 Å². The second-order valence-corrected chi connectivity index (χ2v) is 14.1. The van der Waals surface area contributed by atoms with Crippen molar-refractivity contribution in [3.05, 3.63) is 23.9 Å². The number of carbonyl (C=O) groups excluding carboxylic acids is 3. The van der Waals surface area contributed by atoms with E-state index in [1.54, 1.807) is 25.1 Å². The van der Waals surface area contributed by atoms with Gasteiger partial charge >= 0.3 is 6.09 Å². The largest absolute Gasteiger partial charge is 0.497 e. The van der Waals surface area contributed by atoms with Crippen LogP contribution >= 0.6 is 0 Å². The van der Waals surface area contributed by atoms with Crippen LogP contribution in [0.25, 0.3) is 11.0 Å². The van der Waals surface area contributed by atoms with Gasteiger partial charge in [0.05, 0.1) is 30.7 Å².